The third kappa shape index (κ3) is 1.80. The van der Waals surface area contributed by atoms with Crippen molar-refractivity contribution in [2.75, 3.05) is 0 Å². The molecule has 0 aliphatic heterocycles. The van der Waals surface area contributed by atoms with Crippen molar-refractivity contribution in [3.63, 3.8) is 0 Å². The third-order valence-corrected chi connectivity index (χ3v) is 2.81. The molecule has 1 aliphatic rings. The van der Waals surface area contributed by atoms with Crippen molar-refractivity contribution in [1.82, 2.24) is 9.78 Å². The molecule has 1 heterocycles. The lowest BCUT2D eigenvalue weighted by Gasteiger charge is -2.30. The monoisotopic (exact) mass is 278 g/mol. The summed E-state index contributed by atoms with van der Waals surface area (Å²) < 4.78 is 3.13. The average molecular weight is 278 g/mol. The molecule has 0 radical (unpaired) electrons. The molecule has 0 atom stereocenters. The molecule has 0 bridgehead atoms. The molecule has 12 heavy (non-hydrogen) atoms. The second kappa shape index (κ2) is 3.33. The number of hydrogen-bond donors (Lipinski definition) is 1. The van der Waals surface area contributed by atoms with Gasteiger partial charge < -0.3 is 5.11 Å². The fourth-order valence-corrected chi connectivity index (χ4v) is 2.00. The zero-order valence-electron chi connectivity index (χ0n) is 6.65. The summed E-state index contributed by atoms with van der Waals surface area (Å²) in [4.78, 5) is 0. The second-order valence-corrected chi connectivity index (χ2v) is 4.62. The topological polar surface area (TPSA) is 38.0 Å². The summed E-state index contributed by atoms with van der Waals surface area (Å²) >= 11 is 2.25. The summed E-state index contributed by atoms with van der Waals surface area (Å²) in [6, 6.07) is 0. The minimum Gasteiger partial charge on any atom is -0.393 e. The molecule has 66 valence electrons. The molecular weight excluding hydrogens is 267 g/mol. The van der Waals surface area contributed by atoms with Crippen LogP contribution in [0.4, 0.5) is 0 Å². The Kier molecular flexibility index (Phi) is 2.36. The van der Waals surface area contributed by atoms with E-state index in [9.17, 15) is 0 Å². The van der Waals surface area contributed by atoms with Gasteiger partial charge in [0.25, 0.3) is 0 Å². The van der Waals surface area contributed by atoms with E-state index >= 15 is 0 Å². The third-order valence-electron chi connectivity index (χ3n) is 2.26. The molecule has 0 aromatic carbocycles. The fourth-order valence-electron chi connectivity index (χ4n) is 1.55. The highest BCUT2D eigenvalue weighted by Gasteiger charge is 2.27. The largest absolute Gasteiger partial charge is 0.393 e. The highest BCUT2D eigenvalue weighted by atomic mass is 127. The van der Waals surface area contributed by atoms with Gasteiger partial charge in [-0.2, -0.15) is 5.10 Å². The van der Waals surface area contributed by atoms with Crippen LogP contribution in [0.2, 0.25) is 0 Å². The van der Waals surface area contributed by atoms with Crippen molar-refractivity contribution >= 4 is 22.6 Å². The maximum atomic E-state index is 9.07. The zero-order valence-corrected chi connectivity index (χ0v) is 8.81. The molecule has 0 unspecified atom stereocenters. The smallest absolute Gasteiger partial charge is 0.0623 e. The van der Waals surface area contributed by atoms with Crippen LogP contribution >= 0.6 is 22.6 Å². The number of aliphatic hydroxyl groups is 1. The Morgan fingerprint density at radius 2 is 2.42 bits per heavy atom. The Hall–Kier alpha value is -0.100. The molecule has 1 saturated carbocycles. The maximum absolute atomic E-state index is 9.07. The Labute approximate surface area is 84.9 Å². The summed E-state index contributed by atoms with van der Waals surface area (Å²) in [5.41, 5.74) is 0. The van der Waals surface area contributed by atoms with E-state index < -0.39 is 0 Å². The van der Waals surface area contributed by atoms with E-state index in [1.165, 1.54) is 3.57 Å². The van der Waals surface area contributed by atoms with Crippen LogP contribution < -0.4 is 0 Å². The lowest BCUT2D eigenvalue weighted by atomic mass is 9.82. The number of hydrogen-bond acceptors (Lipinski definition) is 2. The molecule has 1 aromatic rings. The van der Waals surface area contributed by atoms with Crippen LogP contribution in [-0.4, -0.2) is 21.0 Å². The van der Waals surface area contributed by atoms with Crippen LogP contribution in [0.25, 0.3) is 0 Å². The summed E-state index contributed by atoms with van der Waals surface area (Å²) in [7, 11) is 0. The van der Waals surface area contributed by atoms with Crippen LogP contribution in [0.15, 0.2) is 12.4 Å². The van der Waals surface area contributed by atoms with Crippen LogP contribution in [0.5, 0.6) is 0 Å². The zero-order chi connectivity index (χ0) is 8.55. The Bertz CT molecular complexity index is 268. The molecule has 0 spiro atoms. The number of nitrogens with zero attached hydrogens (tertiary/aromatic N) is 2. The van der Waals surface area contributed by atoms with E-state index in [-0.39, 0.29) is 6.10 Å². The van der Waals surface area contributed by atoms with Crippen molar-refractivity contribution in [2.24, 2.45) is 5.92 Å². The van der Waals surface area contributed by atoms with E-state index in [2.05, 4.69) is 27.7 Å². The van der Waals surface area contributed by atoms with Crippen LogP contribution in [0.3, 0.4) is 0 Å². The standard InChI is InChI=1S/C8H11IN2O/c9-7-3-10-11(5-7)4-6-1-8(12)2-6/h3,5-6,8,12H,1-2,4H2. The number of aliphatic hydroxyl groups excluding tert-OH is 1. The van der Waals surface area contributed by atoms with E-state index in [0.717, 1.165) is 19.4 Å². The van der Waals surface area contributed by atoms with Gasteiger partial charge in [-0.05, 0) is 41.4 Å². The van der Waals surface area contributed by atoms with Crippen molar-refractivity contribution in [3.05, 3.63) is 16.0 Å². The average Bonchev–Trinajstić information content (AvgIpc) is 2.33. The van der Waals surface area contributed by atoms with Crippen molar-refractivity contribution in [3.8, 4) is 0 Å². The van der Waals surface area contributed by atoms with Gasteiger partial charge in [-0.1, -0.05) is 0 Å². The summed E-state index contributed by atoms with van der Waals surface area (Å²) in [5, 5.41) is 13.3. The van der Waals surface area contributed by atoms with Gasteiger partial charge in [-0.25, -0.2) is 0 Å². The molecular formula is C8H11IN2O. The van der Waals surface area contributed by atoms with Crippen molar-refractivity contribution < 1.29 is 5.11 Å². The van der Waals surface area contributed by atoms with E-state index in [4.69, 9.17) is 5.11 Å². The molecule has 4 heteroatoms. The van der Waals surface area contributed by atoms with E-state index in [1.54, 1.807) is 0 Å². The Morgan fingerprint density at radius 1 is 1.67 bits per heavy atom. The van der Waals surface area contributed by atoms with Crippen molar-refractivity contribution in [1.29, 1.82) is 0 Å². The molecule has 1 aromatic heterocycles. The second-order valence-electron chi connectivity index (χ2n) is 3.37. The first-order valence-corrected chi connectivity index (χ1v) is 5.18. The first-order chi connectivity index (χ1) is 5.74. The number of rotatable bonds is 2. The van der Waals surface area contributed by atoms with Crippen LogP contribution in [-0.2, 0) is 6.54 Å². The van der Waals surface area contributed by atoms with Gasteiger partial charge in [-0.15, -0.1) is 0 Å². The fraction of sp³-hybridized carbons (Fsp3) is 0.625. The van der Waals surface area contributed by atoms with Gasteiger partial charge in [0, 0.05) is 12.7 Å². The Balaban J connectivity index is 1.88. The Morgan fingerprint density at radius 3 is 2.92 bits per heavy atom. The van der Waals surface area contributed by atoms with Gasteiger partial charge in [0.15, 0.2) is 0 Å². The van der Waals surface area contributed by atoms with E-state index in [0.29, 0.717) is 5.92 Å². The predicted octanol–water partition coefficient (Wildman–Crippen LogP) is 1.26. The maximum Gasteiger partial charge on any atom is 0.0623 e. The summed E-state index contributed by atoms with van der Waals surface area (Å²) in [5.74, 6) is 0.635. The molecule has 1 aliphatic carbocycles. The van der Waals surface area contributed by atoms with Gasteiger partial charge in [0.05, 0.1) is 15.9 Å². The number of aromatic nitrogens is 2. The molecule has 1 N–H and O–H groups in total. The minimum atomic E-state index is -0.0513. The lowest BCUT2D eigenvalue weighted by molar-refractivity contribution is 0.0336. The van der Waals surface area contributed by atoms with Gasteiger partial charge in [-0.3, -0.25) is 4.68 Å². The van der Waals surface area contributed by atoms with E-state index in [1.807, 2.05) is 17.1 Å². The SMILES string of the molecule is OC1CC(Cn2cc(I)cn2)C1. The summed E-state index contributed by atoms with van der Waals surface area (Å²) in [6.45, 7) is 0.958. The molecule has 1 fully saturated rings. The quantitative estimate of drug-likeness (QED) is 0.827. The van der Waals surface area contributed by atoms with Gasteiger partial charge in [0.1, 0.15) is 0 Å². The highest BCUT2D eigenvalue weighted by molar-refractivity contribution is 14.1. The van der Waals surface area contributed by atoms with Gasteiger partial charge in [0.2, 0.25) is 0 Å². The first kappa shape index (κ1) is 8.50. The lowest BCUT2D eigenvalue weighted by Crippen LogP contribution is -2.31. The van der Waals surface area contributed by atoms with Crippen LogP contribution in [0, 0.1) is 9.49 Å². The normalized spacial score (nSPS) is 28.5. The summed E-state index contributed by atoms with van der Waals surface area (Å²) in [6.07, 6.45) is 5.72. The number of halogens is 1. The highest BCUT2D eigenvalue weighted by Crippen LogP contribution is 2.28. The molecule has 3 nitrogen and oxygen atoms in total. The predicted molar refractivity (Wildman–Crippen MR) is 53.7 cm³/mol. The molecule has 2 rings (SSSR count). The first-order valence-electron chi connectivity index (χ1n) is 4.10. The molecule has 0 saturated heterocycles. The van der Waals surface area contributed by atoms with Crippen molar-refractivity contribution in [2.45, 2.75) is 25.5 Å². The molecule has 0 amide bonds. The minimum absolute atomic E-state index is 0.0513. The van der Waals surface area contributed by atoms with Crippen LogP contribution in [0.1, 0.15) is 12.8 Å². The van der Waals surface area contributed by atoms with Gasteiger partial charge >= 0.3 is 0 Å².